The van der Waals surface area contributed by atoms with Crippen molar-refractivity contribution in [2.75, 3.05) is 20.2 Å². The number of methoxy groups -OCH3 is 1. The minimum atomic E-state index is -0.000641. The lowest BCUT2D eigenvalue weighted by molar-refractivity contribution is 0.0154. The summed E-state index contributed by atoms with van der Waals surface area (Å²) >= 11 is 0. The van der Waals surface area contributed by atoms with Crippen LogP contribution in [0, 0.1) is 5.41 Å². The van der Waals surface area contributed by atoms with Crippen molar-refractivity contribution in [1.82, 2.24) is 5.32 Å². The molecule has 0 spiro atoms. The van der Waals surface area contributed by atoms with Crippen molar-refractivity contribution in [3.05, 3.63) is 0 Å². The van der Waals surface area contributed by atoms with E-state index in [4.69, 9.17) is 4.74 Å². The molecule has 17 heavy (non-hydrogen) atoms. The maximum absolute atomic E-state index is 5.41. The zero-order chi connectivity index (χ0) is 13.4. The lowest BCUT2D eigenvalue weighted by atomic mass is 9.87. The molecule has 0 saturated heterocycles. The van der Waals surface area contributed by atoms with E-state index in [9.17, 15) is 0 Å². The van der Waals surface area contributed by atoms with E-state index in [-0.39, 0.29) is 5.60 Å². The van der Waals surface area contributed by atoms with Crippen molar-refractivity contribution < 1.29 is 4.74 Å². The summed E-state index contributed by atoms with van der Waals surface area (Å²) in [6.07, 6.45) is 6.41. The normalized spacial score (nSPS) is 13.1. The molecule has 0 amide bonds. The average molecular weight is 243 g/mol. The molecular weight excluding hydrogens is 210 g/mol. The predicted octanol–water partition coefficient (Wildman–Crippen LogP) is 4.00. The number of unbranched alkanes of at least 4 members (excludes halogenated alkanes) is 2. The number of ether oxygens (including phenoxy) is 1. The fourth-order valence-electron chi connectivity index (χ4n) is 1.86. The van der Waals surface area contributed by atoms with Crippen LogP contribution >= 0.6 is 0 Å². The highest BCUT2D eigenvalue weighted by atomic mass is 16.5. The van der Waals surface area contributed by atoms with Crippen molar-refractivity contribution >= 4 is 0 Å². The molecule has 0 saturated carbocycles. The summed E-state index contributed by atoms with van der Waals surface area (Å²) in [6.45, 7) is 13.4. The van der Waals surface area contributed by atoms with Gasteiger partial charge in [0, 0.05) is 13.7 Å². The minimum Gasteiger partial charge on any atom is -0.379 e. The van der Waals surface area contributed by atoms with E-state index in [1.807, 2.05) is 0 Å². The molecule has 0 atom stereocenters. The molecule has 0 heterocycles. The van der Waals surface area contributed by atoms with E-state index >= 15 is 0 Å². The lowest BCUT2D eigenvalue weighted by Crippen LogP contribution is -2.34. The molecule has 0 aromatic carbocycles. The Kier molecular flexibility index (Phi) is 8.06. The van der Waals surface area contributed by atoms with E-state index in [1.54, 1.807) is 7.11 Å². The highest BCUT2D eigenvalue weighted by Crippen LogP contribution is 2.22. The van der Waals surface area contributed by atoms with Crippen molar-refractivity contribution in [3.63, 3.8) is 0 Å². The predicted molar refractivity (Wildman–Crippen MR) is 76.5 cm³/mol. The Morgan fingerprint density at radius 1 is 1.00 bits per heavy atom. The second-order valence-corrected chi connectivity index (χ2v) is 6.51. The topological polar surface area (TPSA) is 21.3 Å². The molecule has 0 aliphatic rings. The standard InChI is InChI=1S/C15H33NO/c1-7-8-9-10-14(2,3)13-16-12-11-15(4,5)17-6/h16H,7-13H2,1-6H3. The molecule has 0 aliphatic heterocycles. The average Bonchev–Trinajstić information content (AvgIpc) is 2.25. The zero-order valence-corrected chi connectivity index (χ0v) is 12.9. The van der Waals surface area contributed by atoms with Crippen LogP contribution in [0.15, 0.2) is 0 Å². The molecule has 0 fully saturated rings. The lowest BCUT2D eigenvalue weighted by Gasteiger charge is -2.27. The fraction of sp³-hybridized carbons (Fsp3) is 1.00. The third kappa shape index (κ3) is 9.61. The number of hydrogen-bond acceptors (Lipinski definition) is 2. The highest BCUT2D eigenvalue weighted by molar-refractivity contribution is 4.74. The molecule has 2 heteroatoms. The molecule has 0 aromatic rings. The Hall–Kier alpha value is -0.0800. The first-order chi connectivity index (χ1) is 7.83. The van der Waals surface area contributed by atoms with E-state index in [2.05, 4.69) is 39.9 Å². The van der Waals surface area contributed by atoms with Gasteiger partial charge in [0.25, 0.3) is 0 Å². The molecule has 0 aliphatic carbocycles. The Morgan fingerprint density at radius 2 is 1.65 bits per heavy atom. The van der Waals surface area contributed by atoms with Gasteiger partial charge < -0.3 is 10.1 Å². The quantitative estimate of drug-likeness (QED) is 0.586. The first-order valence-corrected chi connectivity index (χ1v) is 7.09. The number of rotatable bonds is 10. The third-order valence-electron chi connectivity index (χ3n) is 3.52. The van der Waals surface area contributed by atoms with Crippen molar-refractivity contribution in [2.24, 2.45) is 5.41 Å². The molecule has 104 valence electrons. The molecule has 0 unspecified atom stereocenters. The molecule has 0 aromatic heterocycles. The summed E-state index contributed by atoms with van der Waals surface area (Å²) in [4.78, 5) is 0. The minimum absolute atomic E-state index is 0.000641. The highest BCUT2D eigenvalue weighted by Gasteiger charge is 2.18. The van der Waals surface area contributed by atoms with Crippen LogP contribution in [0.25, 0.3) is 0 Å². The Balaban J connectivity index is 3.65. The summed E-state index contributed by atoms with van der Waals surface area (Å²) in [7, 11) is 1.79. The van der Waals surface area contributed by atoms with Gasteiger partial charge in [0.15, 0.2) is 0 Å². The third-order valence-corrected chi connectivity index (χ3v) is 3.52. The van der Waals surface area contributed by atoms with Gasteiger partial charge in [0.1, 0.15) is 0 Å². The SMILES string of the molecule is CCCCCC(C)(C)CNCCC(C)(C)OC. The molecule has 0 radical (unpaired) electrons. The molecule has 2 nitrogen and oxygen atoms in total. The van der Waals surface area contributed by atoms with Gasteiger partial charge in [-0.15, -0.1) is 0 Å². The van der Waals surface area contributed by atoms with Crippen LogP contribution in [0.1, 0.15) is 66.7 Å². The van der Waals surface area contributed by atoms with Gasteiger partial charge >= 0.3 is 0 Å². The summed E-state index contributed by atoms with van der Waals surface area (Å²) in [6, 6.07) is 0. The maximum Gasteiger partial charge on any atom is 0.0634 e. The van der Waals surface area contributed by atoms with Gasteiger partial charge in [-0.25, -0.2) is 0 Å². The van der Waals surface area contributed by atoms with Crippen molar-refractivity contribution in [3.8, 4) is 0 Å². The van der Waals surface area contributed by atoms with Crippen LogP contribution in [0.4, 0.5) is 0 Å². The van der Waals surface area contributed by atoms with Gasteiger partial charge in [-0.2, -0.15) is 0 Å². The van der Waals surface area contributed by atoms with Crippen LogP contribution in [-0.4, -0.2) is 25.8 Å². The first-order valence-electron chi connectivity index (χ1n) is 7.09. The number of hydrogen-bond donors (Lipinski definition) is 1. The Bertz CT molecular complexity index is 187. The van der Waals surface area contributed by atoms with E-state index in [0.29, 0.717) is 5.41 Å². The summed E-state index contributed by atoms with van der Waals surface area (Å²) < 4.78 is 5.41. The van der Waals surface area contributed by atoms with Crippen LogP contribution < -0.4 is 5.32 Å². The summed E-state index contributed by atoms with van der Waals surface area (Å²) in [5.74, 6) is 0. The van der Waals surface area contributed by atoms with Crippen LogP contribution in [0.2, 0.25) is 0 Å². The van der Waals surface area contributed by atoms with Gasteiger partial charge in [0.05, 0.1) is 5.60 Å². The fourth-order valence-corrected chi connectivity index (χ4v) is 1.86. The van der Waals surface area contributed by atoms with Gasteiger partial charge in [0.2, 0.25) is 0 Å². The number of nitrogens with one attached hydrogen (secondary N) is 1. The molecule has 0 rings (SSSR count). The van der Waals surface area contributed by atoms with E-state index in [1.165, 1.54) is 25.7 Å². The second-order valence-electron chi connectivity index (χ2n) is 6.51. The van der Waals surface area contributed by atoms with Crippen LogP contribution in [0.3, 0.4) is 0 Å². The largest absolute Gasteiger partial charge is 0.379 e. The second kappa shape index (κ2) is 8.10. The van der Waals surface area contributed by atoms with Crippen LogP contribution in [-0.2, 0) is 4.74 Å². The first kappa shape index (κ1) is 16.9. The van der Waals surface area contributed by atoms with E-state index < -0.39 is 0 Å². The Labute approximate surface area is 109 Å². The Morgan fingerprint density at radius 3 is 2.18 bits per heavy atom. The smallest absolute Gasteiger partial charge is 0.0634 e. The molecular formula is C15H33NO. The maximum atomic E-state index is 5.41. The van der Waals surface area contributed by atoms with Crippen LogP contribution in [0.5, 0.6) is 0 Å². The van der Waals surface area contributed by atoms with Gasteiger partial charge in [-0.1, -0.05) is 40.0 Å². The summed E-state index contributed by atoms with van der Waals surface area (Å²) in [5.41, 5.74) is 0.422. The van der Waals surface area contributed by atoms with E-state index in [0.717, 1.165) is 19.5 Å². The van der Waals surface area contributed by atoms with Crippen molar-refractivity contribution in [2.45, 2.75) is 72.3 Å². The van der Waals surface area contributed by atoms with Crippen molar-refractivity contribution in [1.29, 1.82) is 0 Å². The van der Waals surface area contributed by atoms with Gasteiger partial charge in [-0.3, -0.25) is 0 Å². The summed E-state index contributed by atoms with van der Waals surface area (Å²) in [5, 5.41) is 3.56. The molecule has 0 bridgehead atoms. The van der Waals surface area contributed by atoms with Gasteiger partial charge in [-0.05, 0) is 38.6 Å². The zero-order valence-electron chi connectivity index (χ0n) is 12.9. The monoisotopic (exact) mass is 243 g/mol. The molecule has 1 N–H and O–H groups in total.